The lowest BCUT2D eigenvalue weighted by molar-refractivity contribution is -0.120. The van der Waals surface area contributed by atoms with Crippen molar-refractivity contribution in [3.8, 4) is 0 Å². The summed E-state index contributed by atoms with van der Waals surface area (Å²) in [5, 5.41) is 9.99. The molecule has 0 spiro atoms. The molecular formula is C15H22O2. The Morgan fingerprint density at radius 1 is 1.35 bits per heavy atom. The Morgan fingerprint density at radius 3 is 2.71 bits per heavy atom. The summed E-state index contributed by atoms with van der Waals surface area (Å²) >= 11 is 0. The smallest absolute Gasteiger partial charge is 0.164 e. The van der Waals surface area contributed by atoms with Gasteiger partial charge in [-0.2, -0.15) is 0 Å². The maximum atomic E-state index is 12.3. The number of aliphatic hydroxyl groups is 1. The maximum absolute atomic E-state index is 12.3. The third-order valence-corrected chi connectivity index (χ3v) is 4.02. The predicted molar refractivity (Wildman–Crippen MR) is 68.6 cm³/mol. The summed E-state index contributed by atoms with van der Waals surface area (Å²) in [7, 11) is 0. The van der Waals surface area contributed by atoms with Gasteiger partial charge >= 0.3 is 0 Å². The highest BCUT2D eigenvalue weighted by Gasteiger charge is 2.29. The van der Waals surface area contributed by atoms with E-state index in [1.807, 2.05) is 6.08 Å². The van der Waals surface area contributed by atoms with Crippen LogP contribution in [0.2, 0.25) is 0 Å². The van der Waals surface area contributed by atoms with E-state index >= 15 is 0 Å². The van der Waals surface area contributed by atoms with Crippen LogP contribution in [0, 0.1) is 11.8 Å². The van der Waals surface area contributed by atoms with Gasteiger partial charge in [0.05, 0.1) is 6.10 Å². The van der Waals surface area contributed by atoms with Crippen LogP contribution in [0.15, 0.2) is 23.3 Å². The van der Waals surface area contributed by atoms with Crippen molar-refractivity contribution in [2.24, 2.45) is 11.8 Å². The van der Waals surface area contributed by atoms with E-state index in [1.54, 1.807) is 0 Å². The summed E-state index contributed by atoms with van der Waals surface area (Å²) < 4.78 is 0. The van der Waals surface area contributed by atoms with Gasteiger partial charge in [0.1, 0.15) is 0 Å². The van der Waals surface area contributed by atoms with Gasteiger partial charge in [0, 0.05) is 11.5 Å². The number of hydrogen-bond acceptors (Lipinski definition) is 2. The predicted octanol–water partition coefficient (Wildman–Crippen LogP) is 3.02. The van der Waals surface area contributed by atoms with Gasteiger partial charge in [-0.3, -0.25) is 4.79 Å². The first-order valence-corrected chi connectivity index (χ1v) is 6.66. The molecular weight excluding hydrogens is 212 g/mol. The lowest BCUT2D eigenvalue weighted by atomic mass is 9.79. The number of rotatable bonds is 2. The molecule has 1 N–H and O–H groups in total. The van der Waals surface area contributed by atoms with Crippen LogP contribution in [-0.2, 0) is 4.79 Å². The molecule has 94 valence electrons. The minimum absolute atomic E-state index is 0.105. The van der Waals surface area contributed by atoms with Crippen molar-refractivity contribution in [2.45, 2.75) is 52.1 Å². The van der Waals surface area contributed by atoms with Crippen molar-refractivity contribution >= 4 is 5.78 Å². The van der Waals surface area contributed by atoms with Gasteiger partial charge in [-0.05, 0) is 44.9 Å². The molecule has 0 aromatic rings. The lowest BCUT2D eigenvalue weighted by Gasteiger charge is -2.27. The quantitative estimate of drug-likeness (QED) is 0.746. The van der Waals surface area contributed by atoms with Crippen LogP contribution in [0.1, 0.15) is 46.0 Å². The fraction of sp³-hybridized carbons (Fsp3) is 0.667. The third kappa shape index (κ3) is 2.86. The molecule has 2 rings (SSSR count). The van der Waals surface area contributed by atoms with Crippen LogP contribution >= 0.6 is 0 Å². The summed E-state index contributed by atoms with van der Waals surface area (Å²) in [5.74, 6) is 0.788. The SMILES string of the molecule is CC1=CCC(C(=O)C2=CCC(C)CC2O)CC1. The second-order valence-electron chi connectivity index (χ2n) is 5.64. The molecule has 0 aromatic carbocycles. The van der Waals surface area contributed by atoms with Crippen LogP contribution in [0.25, 0.3) is 0 Å². The normalized spacial score (nSPS) is 33.9. The van der Waals surface area contributed by atoms with Gasteiger partial charge in [-0.15, -0.1) is 0 Å². The van der Waals surface area contributed by atoms with Crippen molar-refractivity contribution in [3.63, 3.8) is 0 Å². The fourth-order valence-corrected chi connectivity index (χ4v) is 2.77. The first-order valence-electron chi connectivity index (χ1n) is 6.66. The Balaban J connectivity index is 2.05. The van der Waals surface area contributed by atoms with Crippen molar-refractivity contribution in [1.82, 2.24) is 0 Å². The van der Waals surface area contributed by atoms with Crippen LogP contribution < -0.4 is 0 Å². The van der Waals surface area contributed by atoms with E-state index in [2.05, 4.69) is 19.9 Å². The summed E-state index contributed by atoms with van der Waals surface area (Å²) in [5.41, 5.74) is 2.07. The van der Waals surface area contributed by atoms with E-state index in [4.69, 9.17) is 0 Å². The first-order chi connectivity index (χ1) is 8.08. The van der Waals surface area contributed by atoms with Gasteiger partial charge in [0.15, 0.2) is 5.78 Å². The molecule has 3 unspecified atom stereocenters. The number of aliphatic hydroxyl groups excluding tert-OH is 1. The molecule has 0 saturated heterocycles. The average molecular weight is 234 g/mol. The zero-order chi connectivity index (χ0) is 12.4. The van der Waals surface area contributed by atoms with Gasteiger partial charge in [-0.1, -0.05) is 24.6 Å². The van der Waals surface area contributed by atoms with E-state index in [1.165, 1.54) is 5.57 Å². The van der Waals surface area contributed by atoms with Crippen molar-refractivity contribution in [3.05, 3.63) is 23.3 Å². The van der Waals surface area contributed by atoms with Crippen molar-refractivity contribution < 1.29 is 9.90 Å². The third-order valence-electron chi connectivity index (χ3n) is 4.02. The van der Waals surface area contributed by atoms with E-state index in [0.29, 0.717) is 11.5 Å². The topological polar surface area (TPSA) is 37.3 Å². The summed E-state index contributed by atoms with van der Waals surface area (Å²) in [6.45, 7) is 4.24. The maximum Gasteiger partial charge on any atom is 0.164 e. The molecule has 0 saturated carbocycles. The van der Waals surface area contributed by atoms with Crippen LogP contribution in [0.3, 0.4) is 0 Å². The van der Waals surface area contributed by atoms with Crippen LogP contribution in [0.4, 0.5) is 0 Å². The molecule has 2 nitrogen and oxygen atoms in total. The second-order valence-corrected chi connectivity index (χ2v) is 5.64. The molecule has 2 heteroatoms. The van der Waals surface area contributed by atoms with Gasteiger partial charge < -0.3 is 5.11 Å². The Hall–Kier alpha value is -0.890. The Labute approximate surface area is 103 Å². The van der Waals surface area contributed by atoms with Gasteiger partial charge in [-0.25, -0.2) is 0 Å². The molecule has 0 radical (unpaired) electrons. The number of ketones is 1. The molecule has 2 aliphatic carbocycles. The molecule has 3 atom stereocenters. The molecule has 0 aromatic heterocycles. The van der Waals surface area contributed by atoms with E-state index < -0.39 is 6.10 Å². The number of carbonyl (C=O) groups is 1. The Kier molecular flexibility index (Phi) is 3.82. The highest BCUT2D eigenvalue weighted by Crippen LogP contribution is 2.31. The van der Waals surface area contributed by atoms with Gasteiger partial charge in [0.2, 0.25) is 0 Å². The fourth-order valence-electron chi connectivity index (χ4n) is 2.77. The summed E-state index contributed by atoms with van der Waals surface area (Å²) in [4.78, 5) is 12.3. The largest absolute Gasteiger partial charge is 0.388 e. The van der Waals surface area contributed by atoms with E-state index in [-0.39, 0.29) is 11.7 Å². The summed E-state index contributed by atoms with van der Waals surface area (Å²) in [6, 6.07) is 0. The van der Waals surface area contributed by atoms with Crippen molar-refractivity contribution in [1.29, 1.82) is 0 Å². The first kappa shape index (κ1) is 12.6. The number of allylic oxidation sites excluding steroid dienone is 3. The lowest BCUT2D eigenvalue weighted by Crippen LogP contribution is -2.29. The van der Waals surface area contributed by atoms with Crippen molar-refractivity contribution in [2.75, 3.05) is 0 Å². The highest BCUT2D eigenvalue weighted by molar-refractivity contribution is 5.98. The average Bonchev–Trinajstić information content (AvgIpc) is 2.29. The molecule has 0 bridgehead atoms. The molecule has 0 aliphatic heterocycles. The van der Waals surface area contributed by atoms with Crippen LogP contribution in [0.5, 0.6) is 0 Å². The molecule has 0 fully saturated rings. The molecule has 17 heavy (non-hydrogen) atoms. The number of hydrogen-bond donors (Lipinski definition) is 1. The number of carbonyl (C=O) groups excluding carboxylic acids is 1. The van der Waals surface area contributed by atoms with Crippen LogP contribution in [-0.4, -0.2) is 17.0 Å². The molecule has 0 heterocycles. The zero-order valence-corrected chi connectivity index (χ0v) is 10.8. The Morgan fingerprint density at radius 2 is 2.12 bits per heavy atom. The Bertz CT molecular complexity index is 365. The van der Waals surface area contributed by atoms with E-state index in [9.17, 15) is 9.90 Å². The molecule has 2 aliphatic rings. The monoisotopic (exact) mass is 234 g/mol. The second kappa shape index (κ2) is 5.18. The zero-order valence-electron chi connectivity index (χ0n) is 10.8. The minimum atomic E-state index is -0.529. The highest BCUT2D eigenvalue weighted by atomic mass is 16.3. The minimum Gasteiger partial charge on any atom is -0.388 e. The number of Topliss-reactive ketones (excluding diaryl/α,β-unsaturated/α-hetero) is 1. The molecule has 0 amide bonds. The van der Waals surface area contributed by atoms with Gasteiger partial charge in [0.25, 0.3) is 0 Å². The summed E-state index contributed by atoms with van der Waals surface area (Å²) in [6.07, 6.45) is 8.09. The van der Waals surface area contributed by atoms with E-state index in [0.717, 1.165) is 32.1 Å². The standard InChI is InChI=1S/C15H22O2/c1-10-3-6-12(7-4-10)15(17)13-8-5-11(2)9-14(13)16/h3,8,11-12,14,16H,4-7,9H2,1-2H3.